The molecule has 0 saturated heterocycles. The maximum atomic E-state index is 12.8. The standard InChI is InChI=1S/C21H36N4O9/c1-10(2)9-12(22)18(30)23-13(5-7-15(26)27)19(31)24-14(6-8-16(28)29)20(32)25-17(11(3)4)21(33)34/h10-14,17H,5-9,22H2,1-4H3,(H,23,30)(H,24,31)(H,25,32)(H,26,27)(H,28,29)(H,33,34). The summed E-state index contributed by atoms with van der Waals surface area (Å²) in [7, 11) is 0. The number of carboxylic acids is 3. The van der Waals surface area contributed by atoms with Crippen molar-refractivity contribution in [2.45, 2.75) is 84.0 Å². The van der Waals surface area contributed by atoms with E-state index in [1.807, 2.05) is 13.8 Å². The Balaban J connectivity index is 5.62. The number of nitrogens with one attached hydrogen (secondary N) is 3. The summed E-state index contributed by atoms with van der Waals surface area (Å²) < 4.78 is 0. The van der Waals surface area contributed by atoms with E-state index in [-0.39, 0.29) is 18.8 Å². The van der Waals surface area contributed by atoms with Gasteiger partial charge in [0.15, 0.2) is 0 Å². The summed E-state index contributed by atoms with van der Waals surface area (Å²) in [4.78, 5) is 71.3. The number of hydrogen-bond donors (Lipinski definition) is 7. The van der Waals surface area contributed by atoms with Crippen LogP contribution in [-0.4, -0.2) is 75.1 Å². The first kappa shape index (κ1) is 30.8. The first-order valence-electron chi connectivity index (χ1n) is 11.0. The van der Waals surface area contributed by atoms with Crippen LogP contribution in [0.25, 0.3) is 0 Å². The Morgan fingerprint density at radius 3 is 1.47 bits per heavy atom. The molecule has 0 radical (unpaired) electrons. The van der Waals surface area contributed by atoms with Crippen molar-refractivity contribution in [1.29, 1.82) is 0 Å². The lowest BCUT2D eigenvalue weighted by atomic mass is 10.0. The quantitative estimate of drug-likeness (QED) is 0.144. The van der Waals surface area contributed by atoms with Gasteiger partial charge in [-0.05, 0) is 31.1 Å². The van der Waals surface area contributed by atoms with E-state index < -0.39 is 78.6 Å². The van der Waals surface area contributed by atoms with Crippen LogP contribution >= 0.6 is 0 Å². The predicted octanol–water partition coefficient (Wildman–Crippen LogP) is -0.716. The van der Waals surface area contributed by atoms with E-state index in [2.05, 4.69) is 16.0 Å². The minimum Gasteiger partial charge on any atom is -0.481 e. The smallest absolute Gasteiger partial charge is 0.326 e. The van der Waals surface area contributed by atoms with Gasteiger partial charge in [-0.2, -0.15) is 0 Å². The van der Waals surface area contributed by atoms with E-state index >= 15 is 0 Å². The third kappa shape index (κ3) is 12.1. The van der Waals surface area contributed by atoms with Crippen molar-refractivity contribution in [3.8, 4) is 0 Å². The molecule has 0 aromatic rings. The van der Waals surface area contributed by atoms with Crippen molar-refractivity contribution >= 4 is 35.6 Å². The molecular weight excluding hydrogens is 452 g/mol. The van der Waals surface area contributed by atoms with Crippen LogP contribution in [-0.2, 0) is 28.8 Å². The maximum Gasteiger partial charge on any atom is 0.326 e. The van der Waals surface area contributed by atoms with Crippen molar-refractivity contribution in [2.24, 2.45) is 17.6 Å². The van der Waals surface area contributed by atoms with E-state index in [0.717, 1.165) is 0 Å². The summed E-state index contributed by atoms with van der Waals surface area (Å²) in [6.07, 6.45) is -1.34. The molecule has 0 fully saturated rings. The first-order valence-corrected chi connectivity index (χ1v) is 11.0. The van der Waals surface area contributed by atoms with Gasteiger partial charge >= 0.3 is 17.9 Å². The second kappa shape index (κ2) is 14.8. The zero-order valence-electron chi connectivity index (χ0n) is 19.9. The molecule has 0 bridgehead atoms. The third-order valence-corrected chi connectivity index (χ3v) is 4.85. The lowest BCUT2D eigenvalue weighted by molar-refractivity contribution is -0.144. The molecule has 0 aliphatic rings. The third-order valence-electron chi connectivity index (χ3n) is 4.85. The molecule has 4 atom stereocenters. The number of aliphatic carboxylic acids is 3. The molecule has 3 amide bonds. The molecule has 4 unspecified atom stereocenters. The Kier molecular flexibility index (Phi) is 13.4. The van der Waals surface area contributed by atoms with Crippen LogP contribution in [0.3, 0.4) is 0 Å². The van der Waals surface area contributed by atoms with Crippen LogP contribution in [0.5, 0.6) is 0 Å². The highest BCUT2D eigenvalue weighted by molar-refractivity contribution is 5.94. The van der Waals surface area contributed by atoms with Crippen LogP contribution in [0.2, 0.25) is 0 Å². The summed E-state index contributed by atoms with van der Waals surface area (Å²) in [5, 5.41) is 34.2. The molecule has 0 aromatic heterocycles. The van der Waals surface area contributed by atoms with E-state index in [9.17, 15) is 33.9 Å². The average molecular weight is 489 g/mol. The zero-order chi connectivity index (χ0) is 26.6. The Hall–Kier alpha value is -3.22. The average Bonchev–Trinajstić information content (AvgIpc) is 2.70. The van der Waals surface area contributed by atoms with E-state index in [4.69, 9.17) is 15.9 Å². The van der Waals surface area contributed by atoms with Gasteiger partial charge < -0.3 is 37.0 Å². The summed E-state index contributed by atoms with van der Waals surface area (Å²) in [6, 6.07) is -5.03. The highest BCUT2D eigenvalue weighted by Crippen LogP contribution is 2.08. The van der Waals surface area contributed by atoms with Crippen molar-refractivity contribution in [3.05, 3.63) is 0 Å². The van der Waals surface area contributed by atoms with Gasteiger partial charge in [-0.25, -0.2) is 4.79 Å². The fourth-order valence-corrected chi connectivity index (χ4v) is 3.01. The fourth-order valence-electron chi connectivity index (χ4n) is 3.01. The molecule has 13 nitrogen and oxygen atoms in total. The highest BCUT2D eigenvalue weighted by atomic mass is 16.4. The Morgan fingerprint density at radius 1 is 0.706 bits per heavy atom. The second-order valence-corrected chi connectivity index (χ2v) is 8.79. The van der Waals surface area contributed by atoms with Crippen LogP contribution < -0.4 is 21.7 Å². The SMILES string of the molecule is CC(C)CC(N)C(=O)NC(CCC(=O)O)C(=O)NC(CCC(=O)O)C(=O)NC(C(=O)O)C(C)C. The van der Waals surface area contributed by atoms with Crippen LogP contribution in [0.15, 0.2) is 0 Å². The van der Waals surface area contributed by atoms with Gasteiger partial charge in [0, 0.05) is 12.8 Å². The molecule has 13 heteroatoms. The van der Waals surface area contributed by atoms with Gasteiger partial charge in [-0.1, -0.05) is 27.7 Å². The largest absolute Gasteiger partial charge is 0.481 e. The normalized spacial score (nSPS) is 14.6. The minimum absolute atomic E-state index is 0.0827. The molecule has 34 heavy (non-hydrogen) atoms. The molecule has 8 N–H and O–H groups in total. The van der Waals surface area contributed by atoms with E-state index in [0.29, 0.717) is 6.42 Å². The topological polar surface area (TPSA) is 225 Å². The van der Waals surface area contributed by atoms with Gasteiger partial charge in [-0.15, -0.1) is 0 Å². The number of rotatable bonds is 16. The highest BCUT2D eigenvalue weighted by Gasteiger charge is 2.31. The molecule has 0 rings (SSSR count). The number of nitrogens with two attached hydrogens (primary N) is 1. The van der Waals surface area contributed by atoms with Gasteiger partial charge in [-0.3, -0.25) is 24.0 Å². The van der Waals surface area contributed by atoms with Crippen LogP contribution in [0.1, 0.15) is 59.8 Å². The number of carbonyl (C=O) groups is 6. The van der Waals surface area contributed by atoms with Gasteiger partial charge in [0.2, 0.25) is 17.7 Å². The maximum absolute atomic E-state index is 12.8. The lowest BCUT2D eigenvalue weighted by Gasteiger charge is -2.26. The molecule has 194 valence electrons. The van der Waals surface area contributed by atoms with Crippen LogP contribution in [0, 0.1) is 11.8 Å². The van der Waals surface area contributed by atoms with Crippen molar-refractivity contribution in [2.75, 3.05) is 0 Å². The number of carbonyl (C=O) groups excluding carboxylic acids is 3. The number of hydrogen-bond acceptors (Lipinski definition) is 7. The summed E-state index contributed by atoms with van der Waals surface area (Å²) in [5.74, 6) is -6.72. The Labute approximate surface area is 197 Å². The van der Waals surface area contributed by atoms with Crippen LogP contribution in [0.4, 0.5) is 0 Å². The second-order valence-electron chi connectivity index (χ2n) is 8.79. The van der Waals surface area contributed by atoms with Crippen molar-refractivity contribution < 1.29 is 44.1 Å². The molecule has 0 aromatic carbocycles. The van der Waals surface area contributed by atoms with Crippen molar-refractivity contribution in [1.82, 2.24) is 16.0 Å². The lowest BCUT2D eigenvalue weighted by Crippen LogP contribution is -2.57. The Morgan fingerprint density at radius 2 is 1.12 bits per heavy atom. The van der Waals surface area contributed by atoms with E-state index in [1.165, 1.54) is 0 Å². The summed E-state index contributed by atoms with van der Waals surface area (Å²) >= 11 is 0. The number of amides is 3. The van der Waals surface area contributed by atoms with Gasteiger partial charge in [0.1, 0.15) is 18.1 Å². The summed E-state index contributed by atoms with van der Waals surface area (Å²) in [6.45, 7) is 6.80. The van der Waals surface area contributed by atoms with Gasteiger partial charge in [0.05, 0.1) is 6.04 Å². The zero-order valence-corrected chi connectivity index (χ0v) is 19.9. The molecule has 0 saturated carbocycles. The van der Waals surface area contributed by atoms with Crippen molar-refractivity contribution in [3.63, 3.8) is 0 Å². The number of carboxylic acid groups (broad SMARTS) is 3. The molecular formula is C21H36N4O9. The first-order chi connectivity index (χ1) is 15.6. The predicted molar refractivity (Wildman–Crippen MR) is 119 cm³/mol. The Bertz CT molecular complexity index is 755. The fraction of sp³-hybridized carbons (Fsp3) is 0.714. The summed E-state index contributed by atoms with van der Waals surface area (Å²) in [5.41, 5.74) is 5.82. The molecule has 0 spiro atoms. The molecule has 0 aliphatic heterocycles. The van der Waals surface area contributed by atoms with E-state index in [1.54, 1.807) is 13.8 Å². The van der Waals surface area contributed by atoms with Gasteiger partial charge in [0.25, 0.3) is 0 Å². The molecule has 0 heterocycles. The minimum atomic E-state index is -1.43. The monoisotopic (exact) mass is 488 g/mol. The molecule has 0 aliphatic carbocycles.